The molecule has 0 saturated carbocycles. The number of primary amides is 1. The lowest BCUT2D eigenvalue weighted by Crippen LogP contribution is -2.16. The molecule has 0 bridgehead atoms. The van der Waals surface area contributed by atoms with E-state index in [1.807, 2.05) is 0 Å². The van der Waals surface area contributed by atoms with Gasteiger partial charge in [-0.2, -0.15) is 5.21 Å². The van der Waals surface area contributed by atoms with Gasteiger partial charge in [0.2, 0.25) is 0 Å². The summed E-state index contributed by atoms with van der Waals surface area (Å²) < 4.78 is 0. The molecule has 98 valence electrons. The van der Waals surface area contributed by atoms with Crippen molar-refractivity contribution in [3.63, 3.8) is 0 Å². The largest absolute Gasteiger partial charge is 0.505 e. The Morgan fingerprint density at radius 3 is 2.74 bits per heavy atom. The molecular formula is C10H10N6O3. The Labute approximate surface area is 106 Å². The second-order valence-corrected chi connectivity index (χ2v) is 3.76. The molecular weight excluding hydrogens is 252 g/mol. The first-order chi connectivity index (χ1) is 8.99. The molecule has 2 aromatic rings. The van der Waals surface area contributed by atoms with Crippen LogP contribution in [0.2, 0.25) is 0 Å². The second-order valence-electron chi connectivity index (χ2n) is 3.76. The Morgan fingerprint density at radius 1 is 1.42 bits per heavy atom. The van der Waals surface area contributed by atoms with Crippen LogP contribution in [-0.4, -0.2) is 37.5 Å². The smallest absolute Gasteiger partial charge is 0.297 e. The normalized spacial score (nSPS) is 10.2. The van der Waals surface area contributed by atoms with Gasteiger partial charge in [-0.1, -0.05) is 0 Å². The molecule has 2 amide bonds. The maximum absolute atomic E-state index is 11.7. The molecule has 0 unspecified atom stereocenters. The van der Waals surface area contributed by atoms with Crippen LogP contribution in [-0.2, 0) is 0 Å². The number of hydrogen-bond donors (Lipinski definition) is 4. The summed E-state index contributed by atoms with van der Waals surface area (Å²) in [7, 11) is 0. The number of nitrogens with two attached hydrogens (primary N) is 1. The van der Waals surface area contributed by atoms with Gasteiger partial charge in [0, 0.05) is 0 Å². The molecule has 1 aromatic heterocycles. The number of benzene rings is 1. The number of aromatic nitrogens is 4. The standard InChI is InChI=1S/C10H10N6O3/c1-4-2-5(8(11)18)7(17)6(3-4)12-10(19)9-13-15-16-14-9/h2-3,17H,1H3,(H2,11,18)(H,12,19)(H,13,14,15,16). The molecule has 0 aliphatic rings. The monoisotopic (exact) mass is 262 g/mol. The number of amides is 2. The van der Waals surface area contributed by atoms with Crippen LogP contribution in [0.4, 0.5) is 5.69 Å². The average Bonchev–Trinajstić information content (AvgIpc) is 2.86. The van der Waals surface area contributed by atoms with Crippen LogP contribution in [0.3, 0.4) is 0 Å². The van der Waals surface area contributed by atoms with Crippen LogP contribution in [0.15, 0.2) is 12.1 Å². The van der Waals surface area contributed by atoms with E-state index >= 15 is 0 Å². The van der Waals surface area contributed by atoms with Gasteiger partial charge in [0.05, 0.1) is 11.3 Å². The topological polar surface area (TPSA) is 147 Å². The maximum atomic E-state index is 11.7. The van der Waals surface area contributed by atoms with Gasteiger partial charge in [-0.3, -0.25) is 9.59 Å². The molecule has 9 heteroatoms. The Hall–Kier alpha value is -2.97. The van der Waals surface area contributed by atoms with E-state index in [4.69, 9.17) is 5.73 Å². The lowest BCUT2D eigenvalue weighted by molar-refractivity contribution is 0.0991. The van der Waals surface area contributed by atoms with Crippen LogP contribution >= 0.6 is 0 Å². The van der Waals surface area contributed by atoms with Crippen molar-refractivity contribution in [2.24, 2.45) is 5.73 Å². The first kappa shape index (κ1) is 12.5. The Kier molecular flexibility index (Phi) is 3.10. The highest BCUT2D eigenvalue weighted by molar-refractivity contribution is 6.04. The number of aromatic hydroxyl groups is 1. The van der Waals surface area contributed by atoms with E-state index in [9.17, 15) is 14.7 Å². The van der Waals surface area contributed by atoms with Crippen molar-refractivity contribution in [2.45, 2.75) is 6.92 Å². The zero-order valence-corrected chi connectivity index (χ0v) is 9.84. The number of anilines is 1. The van der Waals surface area contributed by atoms with Gasteiger partial charge in [-0.05, 0) is 29.8 Å². The number of rotatable bonds is 3. The van der Waals surface area contributed by atoms with Crippen LogP contribution in [0.1, 0.15) is 26.5 Å². The van der Waals surface area contributed by atoms with Crippen LogP contribution in [0, 0.1) is 6.92 Å². The molecule has 9 nitrogen and oxygen atoms in total. The van der Waals surface area contributed by atoms with E-state index in [1.165, 1.54) is 12.1 Å². The number of aromatic amines is 1. The second kappa shape index (κ2) is 4.72. The predicted octanol–water partition coefficient (Wildman–Crippen LogP) is -0.435. The molecule has 1 heterocycles. The van der Waals surface area contributed by atoms with Gasteiger partial charge in [-0.15, -0.1) is 10.2 Å². The van der Waals surface area contributed by atoms with Crippen molar-refractivity contribution in [3.05, 3.63) is 29.1 Å². The van der Waals surface area contributed by atoms with Crippen molar-refractivity contribution < 1.29 is 14.7 Å². The van der Waals surface area contributed by atoms with E-state index in [0.717, 1.165) is 0 Å². The van der Waals surface area contributed by atoms with E-state index < -0.39 is 17.6 Å². The molecule has 0 aliphatic heterocycles. The Bertz CT molecular complexity index is 637. The van der Waals surface area contributed by atoms with Crippen molar-refractivity contribution in [2.75, 3.05) is 5.32 Å². The van der Waals surface area contributed by atoms with Crippen LogP contribution in [0.5, 0.6) is 5.75 Å². The van der Waals surface area contributed by atoms with E-state index in [-0.39, 0.29) is 17.1 Å². The lowest BCUT2D eigenvalue weighted by Gasteiger charge is -2.09. The van der Waals surface area contributed by atoms with Gasteiger partial charge < -0.3 is 16.2 Å². The first-order valence-electron chi connectivity index (χ1n) is 5.17. The first-order valence-corrected chi connectivity index (χ1v) is 5.17. The highest BCUT2D eigenvalue weighted by atomic mass is 16.3. The average molecular weight is 262 g/mol. The predicted molar refractivity (Wildman–Crippen MR) is 63.5 cm³/mol. The number of tetrazole rings is 1. The molecule has 19 heavy (non-hydrogen) atoms. The summed E-state index contributed by atoms with van der Waals surface area (Å²) in [5.74, 6) is -2.07. The Morgan fingerprint density at radius 2 is 2.16 bits per heavy atom. The minimum Gasteiger partial charge on any atom is -0.505 e. The van der Waals surface area contributed by atoms with E-state index in [0.29, 0.717) is 5.56 Å². The number of carbonyl (C=O) groups is 2. The number of aryl methyl sites for hydroxylation is 1. The molecule has 0 saturated heterocycles. The molecule has 0 spiro atoms. The lowest BCUT2D eigenvalue weighted by atomic mass is 10.1. The van der Waals surface area contributed by atoms with Crippen LogP contribution < -0.4 is 11.1 Å². The number of hydrogen-bond acceptors (Lipinski definition) is 6. The maximum Gasteiger partial charge on any atom is 0.297 e. The third-order valence-electron chi connectivity index (χ3n) is 2.32. The third kappa shape index (κ3) is 2.49. The van der Waals surface area contributed by atoms with Gasteiger partial charge in [0.15, 0.2) is 5.75 Å². The van der Waals surface area contributed by atoms with Gasteiger partial charge in [0.25, 0.3) is 17.6 Å². The zero-order chi connectivity index (χ0) is 14.0. The summed E-state index contributed by atoms with van der Waals surface area (Å²) >= 11 is 0. The molecule has 0 radical (unpaired) electrons. The number of H-pyrrole nitrogens is 1. The van der Waals surface area contributed by atoms with Gasteiger partial charge in [-0.25, -0.2) is 0 Å². The number of phenols is 1. The quantitative estimate of drug-likeness (QED) is 0.551. The van der Waals surface area contributed by atoms with E-state index in [2.05, 4.69) is 25.9 Å². The summed E-state index contributed by atoms with van der Waals surface area (Å²) in [6.45, 7) is 1.69. The SMILES string of the molecule is Cc1cc(NC(=O)c2nn[nH]n2)c(O)c(C(N)=O)c1. The third-order valence-corrected chi connectivity index (χ3v) is 2.32. The minimum atomic E-state index is -0.795. The molecule has 5 N–H and O–H groups in total. The van der Waals surface area contributed by atoms with Gasteiger partial charge in [0.1, 0.15) is 0 Å². The molecule has 0 atom stereocenters. The number of nitrogens with one attached hydrogen (secondary N) is 2. The van der Waals surface area contributed by atoms with Crippen LogP contribution in [0.25, 0.3) is 0 Å². The van der Waals surface area contributed by atoms with Crippen molar-refractivity contribution >= 4 is 17.5 Å². The van der Waals surface area contributed by atoms with Crippen molar-refractivity contribution in [3.8, 4) is 5.75 Å². The minimum absolute atomic E-state index is 0.0450. The fourth-order valence-electron chi connectivity index (χ4n) is 1.50. The molecule has 2 rings (SSSR count). The zero-order valence-electron chi connectivity index (χ0n) is 9.84. The molecule has 1 aromatic carbocycles. The number of nitrogens with zero attached hydrogens (tertiary/aromatic N) is 3. The van der Waals surface area contributed by atoms with Crippen molar-refractivity contribution in [1.29, 1.82) is 0 Å². The molecule has 0 fully saturated rings. The summed E-state index contributed by atoms with van der Waals surface area (Å²) in [5, 5.41) is 24.6. The van der Waals surface area contributed by atoms with E-state index in [1.54, 1.807) is 6.92 Å². The highest BCUT2D eigenvalue weighted by Gasteiger charge is 2.17. The summed E-state index contributed by atoms with van der Waals surface area (Å²) in [6, 6.07) is 2.90. The highest BCUT2D eigenvalue weighted by Crippen LogP contribution is 2.29. The van der Waals surface area contributed by atoms with Crippen molar-refractivity contribution in [1.82, 2.24) is 20.6 Å². The summed E-state index contributed by atoms with van der Waals surface area (Å²) in [6.07, 6.45) is 0. The molecule has 0 aliphatic carbocycles. The fourth-order valence-corrected chi connectivity index (χ4v) is 1.50. The van der Waals surface area contributed by atoms with Gasteiger partial charge >= 0.3 is 0 Å². The number of carbonyl (C=O) groups excluding carboxylic acids is 2. The summed E-state index contributed by atoms with van der Waals surface area (Å²) in [5.41, 5.74) is 5.74. The summed E-state index contributed by atoms with van der Waals surface area (Å²) in [4.78, 5) is 22.8. The Balaban J connectivity index is 2.35. The fraction of sp³-hybridized carbons (Fsp3) is 0.100.